The van der Waals surface area contributed by atoms with Crippen molar-refractivity contribution < 1.29 is 9.84 Å². The summed E-state index contributed by atoms with van der Waals surface area (Å²) in [5.74, 6) is 1.83. The minimum absolute atomic E-state index is 0.290. The van der Waals surface area contributed by atoms with Crippen LogP contribution in [0.2, 0.25) is 0 Å². The predicted molar refractivity (Wildman–Crippen MR) is 76.3 cm³/mol. The molecular formula is C17H24O2. The van der Waals surface area contributed by atoms with Gasteiger partial charge in [0, 0.05) is 5.56 Å². The van der Waals surface area contributed by atoms with Crippen molar-refractivity contribution in [1.29, 1.82) is 0 Å². The summed E-state index contributed by atoms with van der Waals surface area (Å²) >= 11 is 0. The fraction of sp³-hybridized carbons (Fsp3) is 0.647. The van der Waals surface area contributed by atoms with E-state index in [1.807, 2.05) is 0 Å². The molecule has 2 aliphatic rings. The molecule has 104 valence electrons. The highest BCUT2D eigenvalue weighted by atomic mass is 16.5. The van der Waals surface area contributed by atoms with Gasteiger partial charge in [0.1, 0.15) is 5.75 Å². The highest BCUT2D eigenvalue weighted by Crippen LogP contribution is 2.48. The lowest BCUT2D eigenvalue weighted by molar-refractivity contribution is -0.0706. The van der Waals surface area contributed by atoms with E-state index in [2.05, 4.69) is 32.0 Å². The van der Waals surface area contributed by atoms with Crippen molar-refractivity contribution in [2.75, 3.05) is 6.61 Å². The molecule has 2 heteroatoms. The maximum absolute atomic E-state index is 11.3. The zero-order chi connectivity index (χ0) is 13.5. The molecule has 0 spiro atoms. The number of para-hydroxylation sites is 1. The van der Waals surface area contributed by atoms with Crippen molar-refractivity contribution >= 4 is 0 Å². The maximum atomic E-state index is 11.3. The maximum Gasteiger partial charge on any atom is 0.128 e. The van der Waals surface area contributed by atoms with E-state index in [1.54, 1.807) is 0 Å². The highest BCUT2D eigenvalue weighted by Gasteiger charge is 2.43. The zero-order valence-electron chi connectivity index (χ0n) is 12.0. The molecule has 1 fully saturated rings. The van der Waals surface area contributed by atoms with Gasteiger partial charge < -0.3 is 9.84 Å². The molecule has 0 aromatic heterocycles. The van der Waals surface area contributed by atoms with Gasteiger partial charge >= 0.3 is 0 Å². The fourth-order valence-corrected chi connectivity index (χ4v) is 3.75. The van der Waals surface area contributed by atoms with E-state index in [4.69, 9.17) is 4.74 Å². The highest BCUT2D eigenvalue weighted by molar-refractivity contribution is 5.46. The summed E-state index contributed by atoms with van der Waals surface area (Å²) in [5, 5.41) is 11.3. The van der Waals surface area contributed by atoms with Crippen LogP contribution in [0.1, 0.15) is 50.7 Å². The van der Waals surface area contributed by atoms with Crippen LogP contribution < -0.4 is 4.74 Å². The van der Waals surface area contributed by atoms with E-state index < -0.39 is 5.60 Å². The topological polar surface area (TPSA) is 29.5 Å². The molecule has 1 aliphatic heterocycles. The number of rotatable bonds is 1. The van der Waals surface area contributed by atoms with Crippen molar-refractivity contribution in [3.63, 3.8) is 0 Å². The lowest BCUT2D eigenvalue weighted by atomic mass is 9.67. The molecule has 0 saturated heterocycles. The molecule has 3 atom stereocenters. The second-order valence-electron chi connectivity index (χ2n) is 6.33. The van der Waals surface area contributed by atoms with Gasteiger partial charge in [-0.2, -0.15) is 0 Å². The van der Waals surface area contributed by atoms with Gasteiger partial charge in [-0.05, 0) is 43.1 Å². The van der Waals surface area contributed by atoms with E-state index in [9.17, 15) is 5.11 Å². The summed E-state index contributed by atoms with van der Waals surface area (Å²) in [6, 6.07) is 6.28. The summed E-state index contributed by atoms with van der Waals surface area (Å²) in [6.45, 7) is 5.22. The normalized spacial score (nSPS) is 34.5. The average Bonchev–Trinajstić information content (AvgIpc) is 2.44. The molecule has 0 amide bonds. The summed E-state index contributed by atoms with van der Waals surface area (Å²) in [4.78, 5) is 0. The van der Waals surface area contributed by atoms with Gasteiger partial charge in [0.25, 0.3) is 0 Å². The largest absolute Gasteiger partial charge is 0.493 e. The first-order valence-corrected chi connectivity index (χ1v) is 7.60. The van der Waals surface area contributed by atoms with Crippen LogP contribution in [0, 0.1) is 11.8 Å². The number of aryl methyl sites for hydroxylation is 1. The monoisotopic (exact) mass is 260 g/mol. The number of aliphatic hydroxyl groups is 1. The smallest absolute Gasteiger partial charge is 0.128 e. The first-order chi connectivity index (χ1) is 9.13. The van der Waals surface area contributed by atoms with Crippen LogP contribution in [-0.2, 0) is 12.0 Å². The molecule has 0 radical (unpaired) electrons. The fourth-order valence-electron chi connectivity index (χ4n) is 3.75. The van der Waals surface area contributed by atoms with E-state index >= 15 is 0 Å². The SMILES string of the molecule is CC1CCCC(O)(c2cccc3c2OCCC3)C1C. The first-order valence-electron chi connectivity index (χ1n) is 7.60. The van der Waals surface area contributed by atoms with Crippen LogP contribution in [0.3, 0.4) is 0 Å². The Hall–Kier alpha value is -1.02. The van der Waals surface area contributed by atoms with E-state index in [0.29, 0.717) is 11.8 Å². The van der Waals surface area contributed by atoms with E-state index in [1.165, 1.54) is 12.0 Å². The average molecular weight is 260 g/mol. The quantitative estimate of drug-likeness (QED) is 0.835. The summed E-state index contributed by atoms with van der Waals surface area (Å²) in [5.41, 5.74) is 1.59. The molecule has 2 nitrogen and oxygen atoms in total. The summed E-state index contributed by atoms with van der Waals surface area (Å²) in [7, 11) is 0. The number of fused-ring (bicyclic) bond motifs is 1. The lowest BCUT2D eigenvalue weighted by Crippen LogP contribution is -2.41. The number of ether oxygens (including phenoxy) is 1. The second-order valence-corrected chi connectivity index (χ2v) is 6.33. The molecule has 3 rings (SSSR count). The molecule has 1 heterocycles. The van der Waals surface area contributed by atoms with Crippen molar-refractivity contribution in [2.45, 2.75) is 51.6 Å². The van der Waals surface area contributed by atoms with Crippen molar-refractivity contribution in [3.05, 3.63) is 29.3 Å². The molecule has 3 unspecified atom stereocenters. The van der Waals surface area contributed by atoms with Crippen LogP contribution in [0.25, 0.3) is 0 Å². The summed E-state index contributed by atoms with van der Waals surface area (Å²) in [6.07, 6.45) is 5.34. The van der Waals surface area contributed by atoms with E-state index in [-0.39, 0.29) is 0 Å². The molecular weight excluding hydrogens is 236 g/mol. The van der Waals surface area contributed by atoms with Gasteiger partial charge in [0.15, 0.2) is 0 Å². The second kappa shape index (κ2) is 4.82. The molecule has 1 N–H and O–H groups in total. The minimum atomic E-state index is -0.708. The predicted octanol–water partition coefficient (Wildman–Crippen LogP) is 3.66. The van der Waals surface area contributed by atoms with Gasteiger partial charge in [0.05, 0.1) is 12.2 Å². The van der Waals surface area contributed by atoms with E-state index in [0.717, 1.165) is 43.6 Å². The molecule has 1 aromatic carbocycles. The Morgan fingerprint density at radius 2 is 2.11 bits per heavy atom. The molecule has 1 aromatic rings. The summed E-state index contributed by atoms with van der Waals surface area (Å²) < 4.78 is 5.90. The van der Waals surface area contributed by atoms with Crippen LogP contribution in [0.15, 0.2) is 18.2 Å². The van der Waals surface area contributed by atoms with Gasteiger partial charge in [-0.3, -0.25) is 0 Å². The van der Waals surface area contributed by atoms with Gasteiger partial charge in [0.2, 0.25) is 0 Å². The third kappa shape index (κ3) is 2.06. The van der Waals surface area contributed by atoms with Crippen LogP contribution in [0.5, 0.6) is 5.75 Å². The zero-order valence-corrected chi connectivity index (χ0v) is 12.0. The molecule has 19 heavy (non-hydrogen) atoms. The van der Waals surface area contributed by atoms with Crippen LogP contribution in [0.4, 0.5) is 0 Å². The third-order valence-corrected chi connectivity index (χ3v) is 5.22. The van der Waals surface area contributed by atoms with Gasteiger partial charge in [-0.1, -0.05) is 38.5 Å². The Morgan fingerprint density at radius 1 is 1.26 bits per heavy atom. The number of benzene rings is 1. The molecule has 0 bridgehead atoms. The van der Waals surface area contributed by atoms with Crippen LogP contribution in [-0.4, -0.2) is 11.7 Å². The van der Waals surface area contributed by atoms with Crippen molar-refractivity contribution in [3.8, 4) is 5.75 Å². The Morgan fingerprint density at radius 3 is 2.95 bits per heavy atom. The molecule has 1 aliphatic carbocycles. The van der Waals surface area contributed by atoms with Crippen molar-refractivity contribution in [1.82, 2.24) is 0 Å². The number of hydrogen-bond acceptors (Lipinski definition) is 2. The minimum Gasteiger partial charge on any atom is -0.493 e. The Kier molecular flexibility index (Phi) is 3.30. The Labute approximate surface area is 115 Å². The molecule has 1 saturated carbocycles. The van der Waals surface area contributed by atoms with Crippen LogP contribution >= 0.6 is 0 Å². The Balaban J connectivity index is 2.05. The van der Waals surface area contributed by atoms with Gasteiger partial charge in [-0.25, -0.2) is 0 Å². The first kappa shape index (κ1) is 13.0. The van der Waals surface area contributed by atoms with Gasteiger partial charge in [-0.15, -0.1) is 0 Å². The lowest BCUT2D eigenvalue weighted by Gasteiger charge is -2.43. The number of hydrogen-bond donors (Lipinski definition) is 1. The third-order valence-electron chi connectivity index (χ3n) is 5.22. The van der Waals surface area contributed by atoms with Crippen molar-refractivity contribution in [2.24, 2.45) is 11.8 Å². The standard InChI is InChI=1S/C17H24O2/c1-12-6-4-10-17(18,13(12)2)15-9-3-7-14-8-5-11-19-16(14)15/h3,7,9,12-13,18H,4-6,8,10-11H2,1-2H3. The Bertz CT molecular complexity index is 468.